The van der Waals surface area contributed by atoms with Gasteiger partial charge in [-0.3, -0.25) is 14.5 Å². The summed E-state index contributed by atoms with van der Waals surface area (Å²) >= 11 is 0.911. The average Bonchev–Trinajstić information content (AvgIpc) is 3.58. The molecule has 1 saturated heterocycles. The van der Waals surface area contributed by atoms with E-state index in [1.165, 1.54) is 25.2 Å². The number of aliphatic hydroxyl groups is 1. The highest BCUT2D eigenvalue weighted by molar-refractivity contribution is 7.17. The molecule has 1 N–H and O–H groups in total. The van der Waals surface area contributed by atoms with Crippen LogP contribution >= 0.6 is 11.3 Å². The van der Waals surface area contributed by atoms with Gasteiger partial charge in [0.1, 0.15) is 29.6 Å². The molecule has 236 valence electrons. The van der Waals surface area contributed by atoms with E-state index in [1.807, 2.05) is 37.3 Å². The fraction of sp³-hybridized carbons (Fsp3) is 0.200. The van der Waals surface area contributed by atoms with Crippen molar-refractivity contribution in [1.82, 2.24) is 4.98 Å². The predicted molar refractivity (Wildman–Crippen MR) is 174 cm³/mol. The summed E-state index contributed by atoms with van der Waals surface area (Å²) in [7, 11) is 2.96. The zero-order valence-electron chi connectivity index (χ0n) is 25.7. The number of carbonyl (C=O) groups is 3. The lowest BCUT2D eigenvalue weighted by molar-refractivity contribution is -0.132. The third-order valence-electron chi connectivity index (χ3n) is 7.36. The first-order chi connectivity index (χ1) is 22.2. The Kier molecular flexibility index (Phi) is 9.53. The van der Waals surface area contributed by atoms with Crippen LogP contribution in [0.5, 0.6) is 17.2 Å². The Morgan fingerprint density at radius 2 is 1.72 bits per heavy atom. The number of hydrogen-bond acceptors (Lipinski definition) is 10. The lowest BCUT2D eigenvalue weighted by atomic mass is 9.94. The molecule has 0 spiro atoms. The van der Waals surface area contributed by atoms with Crippen molar-refractivity contribution in [3.05, 3.63) is 118 Å². The number of nitrogens with zero attached hydrogens (tertiary/aromatic N) is 2. The highest BCUT2D eigenvalue weighted by Gasteiger charge is 2.48. The predicted octanol–water partition coefficient (Wildman–Crippen LogP) is 6.33. The van der Waals surface area contributed by atoms with Crippen molar-refractivity contribution >= 4 is 39.9 Å². The van der Waals surface area contributed by atoms with E-state index >= 15 is 0 Å². The molecule has 3 aromatic carbocycles. The summed E-state index contributed by atoms with van der Waals surface area (Å²) in [6, 6.07) is 18.6. The van der Waals surface area contributed by atoms with Gasteiger partial charge in [-0.15, -0.1) is 0 Å². The number of benzene rings is 3. The van der Waals surface area contributed by atoms with Gasteiger partial charge in [0, 0.05) is 5.56 Å². The lowest BCUT2D eigenvalue weighted by Gasteiger charge is -2.24. The number of rotatable bonds is 11. The SMILES string of the molecule is C=CCOC(=O)c1sc(N2C(=O)C(=O)C(=C(O)c3ccc(OCc4ccccc4)c(C)c3)[C@H]2c2ccc(OC)c(OC)c2)nc1C. The molecule has 1 aliphatic heterocycles. The number of Topliss-reactive ketones (excluding diaryl/α,β-unsaturated/α-hetero) is 1. The maximum Gasteiger partial charge on any atom is 0.350 e. The average molecular weight is 641 g/mol. The molecule has 1 aliphatic rings. The van der Waals surface area contributed by atoms with Crippen LogP contribution in [0.2, 0.25) is 0 Å². The number of methoxy groups -OCH3 is 2. The van der Waals surface area contributed by atoms with E-state index in [4.69, 9.17) is 18.9 Å². The van der Waals surface area contributed by atoms with Crippen molar-refractivity contribution in [2.24, 2.45) is 0 Å². The summed E-state index contributed by atoms with van der Waals surface area (Å²) in [6.07, 6.45) is 1.44. The quantitative estimate of drug-likeness (QED) is 0.0659. The molecule has 0 radical (unpaired) electrons. The first-order valence-electron chi connectivity index (χ1n) is 14.2. The summed E-state index contributed by atoms with van der Waals surface area (Å²) in [5, 5.41) is 11.8. The molecule has 1 amide bonds. The summed E-state index contributed by atoms with van der Waals surface area (Å²) in [6.45, 7) is 7.34. The topological polar surface area (TPSA) is 124 Å². The molecule has 2 heterocycles. The van der Waals surface area contributed by atoms with E-state index in [0.29, 0.717) is 40.7 Å². The normalized spacial score (nSPS) is 15.5. The minimum absolute atomic E-state index is 0.00281. The van der Waals surface area contributed by atoms with Crippen LogP contribution in [0.3, 0.4) is 0 Å². The Morgan fingerprint density at radius 1 is 1.00 bits per heavy atom. The second-order valence-electron chi connectivity index (χ2n) is 10.3. The second kappa shape index (κ2) is 13.7. The highest BCUT2D eigenvalue weighted by atomic mass is 32.1. The monoisotopic (exact) mass is 640 g/mol. The number of aryl methyl sites for hydroxylation is 2. The standard InChI is InChI=1S/C35H32N2O8S/c1-6-16-44-34(41)32-21(3)36-35(46-32)37-29(23-12-15-26(42-4)27(18-23)43-5)28(31(39)33(37)40)30(38)24-13-14-25(20(2)17-24)45-19-22-10-8-7-9-11-22/h6-15,17-18,29,38H,1,16,19H2,2-5H3/t29-/m1/s1. The molecule has 4 aromatic rings. The molecule has 0 unspecified atom stereocenters. The maximum absolute atomic E-state index is 13.7. The zero-order valence-corrected chi connectivity index (χ0v) is 26.6. The number of ketones is 1. The van der Waals surface area contributed by atoms with Crippen LogP contribution in [0.1, 0.15) is 43.7 Å². The van der Waals surface area contributed by atoms with Crippen molar-refractivity contribution < 1.29 is 38.4 Å². The van der Waals surface area contributed by atoms with Gasteiger partial charge in [-0.2, -0.15) is 0 Å². The molecule has 10 nitrogen and oxygen atoms in total. The number of carbonyl (C=O) groups excluding carboxylic acids is 3. The number of anilines is 1. The molecule has 0 bridgehead atoms. The number of aliphatic hydroxyl groups excluding tert-OH is 1. The Labute approximate surface area is 270 Å². The van der Waals surface area contributed by atoms with Crippen LogP contribution in [0, 0.1) is 13.8 Å². The summed E-state index contributed by atoms with van der Waals surface area (Å²) in [4.78, 5) is 45.9. The van der Waals surface area contributed by atoms with Gasteiger partial charge in [0.15, 0.2) is 16.6 Å². The van der Waals surface area contributed by atoms with Gasteiger partial charge in [-0.05, 0) is 60.9 Å². The minimum atomic E-state index is -1.11. The number of amides is 1. The third-order valence-corrected chi connectivity index (χ3v) is 8.50. The van der Waals surface area contributed by atoms with Gasteiger partial charge in [0.25, 0.3) is 5.78 Å². The molecule has 1 aromatic heterocycles. The molecular weight excluding hydrogens is 608 g/mol. The number of aromatic nitrogens is 1. The highest BCUT2D eigenvalue weighted by Crippen LogP contribution is 2.45. The molecule has 46 heavy (non-hydrogen) atoms. The van der Waals surface area contributed by atoms with Gasteiger partial charge in [0.05, 0.1) is 31.5 Å². The minimum Gasteiger partial charge on any atom is -0.507 e. The van der Waals surface area contributed by atoms with Gasteiger partial charge < -0.3 is 24.1 Å². The van der Waals surface area contributed by atoms with Gasteiger partial charge >= 0.3 is 11.9 Å². The number of esters is 1. The number of thiazole rings is 1. The van der Waals surface area contributed by atoms with Crippen molar-refractivity contribution in [2.75, 3.05) is 25.7 Å². The molecule has 0 saturated carbocycles. The Hall–Kier alpha value is -5.42. The maximum atomic E-state index is 13.7. The molecule has 11 heteroatoms. The van der Waals surface area contributed by atoms with Crippen molar-refractivity contribution in [2.45, 2.75) is 26.5 Å². The molecule has 5 rings (SSSR count). The van der Waals surface area contributed by atoms with Crippen LogP contribution in [-0.4, -0.2) is 48.6 Å². The Balaban J connectivity index is 1.60. The Morgan fingerprint density at radius 3 is 2.39 bits per heavy atom. The second-order valence-corrected chi connectivity index (χ2v) is 11.3. The number of hydrogen-bond donors (Lipinski definition) is 1. The van der Waals surface area contributed by atoms with E-state index in [0.717, 1.165) is 22.5 Å². The van der Waals surface area contributed by atoms with E-state index in [-0.39, 0.29) is 27.9 Å². The van der Waals surface area contributed by atoms with E-state index in [2.05, 4.69) is 11.6 Å². The largest absolute Gasteiger partial charge is 0.507 e. The van der Waals surface area contributed by atoms with Crippen molar-refractivity contribution in [3.8, 4) is 17.2 Å². The van der Waals surface area contributed by atoms with Crippen LogP contribution in [0.15, 0.2) is 85.0 Å². The first-order valence-corrected chi connectivity index (χ1v) is 15.1. The molecule has 0 aliphatic carbocycles. The van der Waals surface area contributed by atoms with Gasteiger partial charge in [-0.1, -0.05) is 60.4 Å². The van der Waals surface area contributed by atoms with E-state index in [1.54, 1.807) is 43.3 Å². The van der Waals surface area contributed by atoms with Crippen LogP contribution in [0.4, 0.5) is 5.13 Å². The van der Waals surface area contributed by atoms with Gasteiger partial charge in [-0.25, -0.2) is 9.78 Å². The summed E-state index contributed by atoms with van der Waals surface area (Å²) < 4.78 is 22.1. The van der Waals surface area contributed by atoms with Crippen molar-refractivity contribution in [1.29, 1.82) is 0 Å². The van der Waals surface area contributed by atoms with Crippen LogP contribution in [-0.2, 0) is 20.9 Å². The van der Waals surface area contributed by atoms with E-state index < -0.39 is 23.7 Å². The molecular formula is C35H32N2O8S. The third kappa shape index (κ3) is 6.22. The smallest absolute Gasteiger partial charge is 0.350 e. The summed E-state index contributed by atoms with van der Waals surface area (Å²) in [5.41, 5.74) is 2.65. The lowest BCUT2D eigenvalue weighted by Crippen LogP contribution is -2.29. The Bertz CT molecular complexity index is 1850. The molecule has 1 atom stereocenters. The molecule has 1 fully saturated rings. The number of ether oxygens (including phenoxy) is 4. The first kappa shape index (κ1) is 32.0. The van der Waals surface area contributed by atoms with Crippen LogP contribution in [0.25, 0.3) is 5.76 Å². The fourth-order valence-corrected chi connectivity index (χ4v) is 6.08. The van der Waals surface area contributed by atoms with E-state index in [9.17, 15) is 19.5 Å². The fourth-order valence-electron chi connectivity index (χ4n) is 5.09. The van der Waals surface area contributed by atoms with Gasteiger partial charge in [0.2, 0.25) is 0 Å². The van der Waals surface area contributed by atoms with Crippen molar-refractivity contribution in [3.63, 3.8) is 0 Å². The van der Waals surface area contributed by atoms with Crippen LogP contribution < -0.4 is 19.1 Å². The summed E-state index contributed by atoms with van der Waals surface area (Å²) in [5.74, 6) is -1.45. The zero-order chi connectivity index (χ0) is 33.0.